The summed E-state index contributed by atoms with van der Waals surface area (Å²) >= 11 is 0. The van der Waals surface area contributed by atoms with E-state index < -0.39 is 0 Å². The summed E-state index contributed by atoms with van der Waals surface area (Å²) in [5, 5.41) is 8.83. The molecule has 4 aromatic heterocycles. The zero-order chi connectivity index (χ0) is 19.1. The maximum atomic E-state index is 5.92. The minimum absolute atomic E-state index is 0.451. The molecule has 1 unspecified atom stereocenters. The summed E-state index contributed by atoms with van der Waals surface area (Å²) in [6.07, 6.45) is 6.60. The van der Waals surface area contributed by atoms with Gasteiger partial charge in [-0.15, -0.1) is 5.10 Å². The molecule has 1 saturated heterocycles. The number of anilines is 1. The standard InChI is InChI=1S/C19H22N8O/c1-13-22-16(27(24-13)17-7-9-21-25(17)2)11-14-5-4-10-26(12-14)19-23-18-15(28-19)6-3-8-20-18/h3,6-9,14H,4-5,10-12H2,1-2H3. The molecule has 0 aromatic carbocycles. The molecular weight excluding hydrogens is 356 g/mol. The summed E-state index contributed by atoms with van der Waals surface area (Å²) in [7, 11) is 1.92. The first-order valence-electron chi connectivity index (χ1n) is 9.55. The van der Waals surface area contributed by atoms with Gasteiger partial charge in [0.1, 0.15) is 11.6 Å². The van der Waals surface area contributed by atoms with Crippen LogP contribution in [0.1, 0.15) is 24.5 Å². The molecule has 0 aliphatic carbocycles. The Hall–Kier alpha value is -3.23. The van der Waals surface area contributed by atoms with E-state index in [0.717, 1.165) is 55.4 Å². The van der Waals surface area contributed by atoms with Crippen molar-refractivity contribution in [2.45, 2.75) is 26.2 Å². The minimum atomic E-state index is 0.451. The molecule has 1 aliphatic rings. The summed E-state index contributed by atoms with van der Waals surface area (Å²) in [6.45, 7) is 3.75. The number of aryl methyl sites for hydroxylation is 2. The van der Waals surface area contributed by atoms with E-state index in [0.29, 0.717) is 17.6 Å². The monoisotopic (exact) mass is 378 g/mol. The van der Waals surface area contributed by atoms with Crippen molar-refractivity contribution in [3.63, 3.8) is 0 Å². The fourth-order valence-electron chi connectivity index (χ4n) is 3.91. The lowest BCUT2D eigenvalue weighted by Gasteiger charge is -2.31. The molecule has 1 atom stereocenters. The van der Waals surface area contributed by atoms with E-state index in [4.69, 9.17) is 4.42 Å². The Morgan fingerprint density at radius 3 is 2.96 bits per heavy atom. The van der Waals surface area contributed by atoms with Gasteiger partial charge in [0.05, 0.1) is 6.20 Å². The number of oxazole rings is 1. The van der Waals surface area contributed by atoms with Crippen LogP contribution in [-0.2, 0) is 13.5 Å². The van der Waals surface area contributed by atoms with Crippen molar-refractivity contribution in [2.24, 2.45) is 13.0 Å². The van der Waals surface area contributed by atoms with Gasteiger partial charge in [-0.3, -0.25) is 4.68 Å². The molecule has 9 nitrogen and oxygen atoms in total. The SMILES string of the molecule is Cc1nc(CC2CCCN(c3nc4ncccc4o3)C2)n(-c2ccnn2C)n1. The average molecular weight is 378 g/mol. The number of hydrogen-bond acceptors (Lipinski definition) is 7. The third kappa shape index (κ3) is 3.02. The number of fused-ring (bicyclic) bond motifs is 1. The summed E-state index contributed by atoms with van der Waals surface area (Å²) in [5.74, 6) is 3.11. The molecule has 9 heteroatoms. The summed E-state index contributed by atoms with van der Waals surface area (Å²) in [4.78, 5) is 15.7. The van der Waals surface area contributed by atoms with Gasteiger partial charge in [0, 0.05) is 38.8 Å². The number of piperidine rings is 1. The molecule has 4 aromatic rings. The highest BCUT2D eigenvalue weighted by molar-refractivity contribution is 5.69. The molecule has 0 bridgehead atoms. The number of pyridine rings is 1. The fraction of sp³-hybridized carbons (Fsp3) is 0.421. The van der Waals surface area contributed by atoms with E-state index >= 15 is 0 Å². The molecule has 0 amide bonds. The predicted octanol–water partition coefficient (Wildman–Crippen LogP) is 2.30. The Bertz CT molecular complexity index is 1080. The van der Waals surface area contributed by atoms with E-state index in [9.17, 15) is 0 Å². The molecule has 1 aliphatic heterocycles. The maximum absolute atomic E-state index is 5.92. The zero-order valence-electron chi connectivity index (χ0n) is 16.0. The van der Waals surface area contributed by atoms with Crippen LogP contribution >= 0.6 is 0 Å². The van der Waals surface area contributed by atoms with Crippen LogP contribution in [0.15, 0.2) is 35.0 Å². The van der Waals surface area contributed by atoms with Gasteiger partial charge in [0.15, 0.2) is 11.4 Å². The van der Waals surface area contributed by atoms with Crippen molar-refractivity contribution in [1.82, 2.24) is 34.5 Å². The molecule has 5 heterocycles. The highest BCUT2D eigenvalue weighted by Crippen LogP contribution is 2.27. The van der Waals surface area contributed by atoms with Crippen LogP contribution in [0.25, 0.3) is 17.0 Å². The number of rotatable bonds is 4. The van der Waals surface area contributed by atoms with Crippen molar-refractivity contribution < 1.29 is 4.42 Å². The molecule has 0 radical (unpaired) electrons. The van der Waals surface area contributed by atoms with Gasteiger partial charge in [-0.2, -0.15) is 14.8 Å². The molecular formula is C19H22N8O. The smallest absolute Gasteiger partial charge is 0.299 e. The van der Waals surface area contributed by atoms with Gasteiger partial charge >= 0.3 is 0 Å². The Morgan fingerprint density at radius 1 is 1.21 bits per heavy atom. The largest absolute Gasteiger partial charge is 0.422 e. The topological polar surface area (TPSA) is 90.7 Å². The number of nitrogens with zero attached hydrogens (tertiary/aromatic N) is 8. The Kier molecular flexibility index (Phi) is 4.07. The highest BCUT2D eigenvalue weighted by Gasteiger charge is 2.26. The second kappa shape index (κ2) is 6.74. The van der Waals surface area contributed by atoms with Crippen molar-refractivity contribution in [3.8, 4) is 5.82 Å². The van der Waals surface area contributed by atoms with Crippen molar-refractivity contribution >= 4 is 17.2 Å². The van der Waals surface area contributed by atoms with Crippen LogP contribution in [0.5, 0.6) is 0 Å². The van der Waals surface area contributed by atoms with Crippen LogP contribution in [0.2, 0.25) is 0 Å². The second-order valence-corrected chi connectivity index (χ2v) is 7.28. The molecule has 1 fully saturated rings. The first kappa shape index (κ1) is 16.9. The van der Waals surface area contributed by atoms with Gasteiger partial charge in [-0.05, 0) is 37.8 Å². The summed E-state index contributed by atoms with van der Waals surface area (Å²) in [5.41, 5.74) is 1.39. The van der Waals surface area contributed by atoms with Crippen molar-refractivity contribution in [1.29, 1.82) is 0 Å². The Labute approximate surface area is 162 Å². The predicted molar refractivity (Wildman–Crippen MR) is 103 cm³/mol. The third-order valence-corrected chi connectivity index (χ3v) is 5.21. The lowest BCUT2D eigenvalue weighted by atomic mass is 9.94. The Morgan fingerprint density at radius 2 is 2.14 bits per heavy atom. The summed E-state index contributed by atoms with van der Waals surface area (Å²) < 4.78 is 9.64. The minimum Gasteiger partial charge on any atom is -0.422 e. The van der Waals surface area contributed by atoms with E-state index in [1.54, 1.807) is 12.4 Å². The molecule has 0 N–H and O–H groups in total. The first-order valence-corrected chi connectivity index (χ1v) is 9.55. The normalized spacial score (nSPS) is 17.5. The van der Waals surface area contributed by atoms with Gasteiger partial charge in [0.25, 0.3) is 6.01 Å². The second-order valence-electron chi connectivity index (χ2n) is 7.28. The van der Waals surface area contributed by atoms with Gasteiger partial charge < -0.3 is 9.32 Å². The summed E-state index contributed by atoms with van der Waals surface area (Å²) in [6, 6.07) is 6.38. The lowest BCUT2D eigenvalue weighted by molar-refractivity contribution is 0.386. The van der Waals surface area contributed by atoms with Gasteiger partial charge in [-0.1, -0.05) is 0 Å². The molecule has 144 valence electrons. The van der Waals surface area contributed by atoms with Crippen LogP contribution in [0.4, 0.5) is 6.01 Å². The van der Waals surface area contributed by atoms with Crippen LogP contribution in [-0.4, -0.2) is 47.6 Å². The van der Waals surface area contributed by atoms with Crippen molar-refractivity contribution in [3.05, 3.63) is 42.2 Å². The Balaban J connectivity index is 1.37. The molecule has 28 heavy (non-hydrogen) atoms. The van der Waals surface area contributed by atoms with Gasteiger partial charge in [0.2, 0.25) is 5.65 Å². The fourth-order valence-corrected chi connectivity index (χ4v) is 3.91. The molecule has 0 spiro atoms. The highest BCUT2D eigenvalue weighted by atomic mass is 16.4. The number of hydrogen-bond donors (Lipinski definition) is 0. The van der Waals surface area contributed by atoms with E-state index in [1.165, 1.54) is 0 Å². The van der Waals surface area contributed by atoms with E-state index in [-0.39, 0.29) is 0 Å². The quantitative estimate of drug-likeness (QED) is 0.538. The van der Waals surface area contributed by atoms with Gasteiger partial charge in [-0.25, -0.2) is 9.97 Å². The first-order chi connectivity index (χ1) is 13.7. The third-order valence-electron chi connectivity index (χ3n) is 5.21. The van der Waals surface area contributed by atoms with Crippen LogP contribution < -0.4 is 4.90 Å². The average Bonchev–Trinajstić information content (AvgIpc) is 3.40. The lowest BCUT2D eigenvalue weighted by Crippen LogP contribution is -2.36. The van der Waals surface area contributed by atoms with Crippen LogP contribution in [0, 0.1) is 12.8 Å². The molecule has 5 rings (SSSR count). The van der Waals surface area contributed by atoms with E-state index in [1.807, 2.05) is 41.5 Å². The number of aromatic nitrogens is 7. The maximum Gasteiger partial charge on any atom is 0.299 e. The van der Waals surface area contributed by atoms with Crippen molar-refractivity contribution in [2.75, 3.05) is 18.0 Å². The van der Waals surface area contributed by atoms with Crippen LogP contribution in [0.3, 0.4) is 0 Å². The molecule has 0 saturated carbocycles. The zero-order valence-corrected chi connectivity index (χ0v) is 16.0. The van der Waals surface area contributed by atoms with E-state index in [2.05, 4.69) is 30.0 Å².